The van der Waals surface area contributed by atoms with E-state index in [0.29, 0.717) is 19.6 Å². The molecule has 0 bridgehead atoms. The van der Waals surface area contributed by atoms with Crippen LogP contribution in [0.2, 0.25) is 0 Å². The molecule has 1 aromatic carbocycles. The molecule has 4 heterocycles. The third kappa shape index (κ3) is 5.36. The molecule has 168 valence electrons. The Balaban J connectivity index is 1.37. The van der Waals surface area contributed by atoms with Crippen molar-refractivity contribution in [1.82, 2.24) is 39.8 Å². The van der Waals surface area contributed by atoms with E-state index in [0.717, 1.165) is 40.1 Å². The van der Waals surface area contributed by atoms with E-state index in [4.69, 9.17) is 4.98 Å². The number of H-pyrrole nitrogens is 1. The van der Waals surface area contributed by atoms with Gasteiger partial charge < -0.3 is 4.98 Å². The number of aromatic nitrogens is 7. The molecule has 5 rings (SSSR count). The average molecular weight is 449 g/mol. The number of hydrogen-bond acceptors (Lipinski definition) is 7. The van der Waals surface area contributed by atoms with Gasteiger partial charge in [-0.3, -0.25) is 4.90 Å². The van der Waals surface area contributed by atoms with E-state index >= 15 is 0 Å². The summed E-state index contributed by atoms with van der Waals surface area (Å²) in [6, 6.07) is 18.0. The van der Waals surface area contributed by atoms with E-state index in [2.05, 4.69) is 66.0 Å². The third-order valence-electron chi connectivity index (χ3n) is 5.34. The van der Waals surface area contributed by atoms with Crippen molar-refractivity contribution in [2.45, 2.75) is 26.6 Å². The second-order valence-electron chi connectivity index (χ2n) is 8.00. The maximum Gasteiger partial charge on any atom is 0.156 e. The first kappa shape index (κ1) is 21.5. The van der Waals surface area contributed by atoms with E-state index in [-0.39, 0.29) is 0 Å². The molecule has 5 aromatic rings. The van der Waals surface area contributed by atoms with E-state index in [1.165, 1.54) is 5.56 Å². The molecule has 0 unspecified atom stereocenters. The van der Waals surface area contributed by atoms with Crippen molar-refractivity contribution in [1.29, 1.82) is 0 Å². The summed E-state index contributed by atoms with van der Waals surface area (Å²) in [5.74, 6) is 2.22. The lowest BCUT2D eigenvalue weighted by molar-refractivity contribution is 0.232. The molecule has 0 amide bonds. The molecule has 0 aliphatic carbocycles. The maximum atomic E-state index is 4.87. The van der Waals surface area contributed by atoms with Crippen molar-refractivity contribution in [3.05, 3.63) is 108 Å². The molecule has 0 saturated carbocycles. The molecule has 0 radical (unpaired) electrons. The highest BCUT2D eigenvalue weighted by Gasteiger charge is 2.14. The molecule has 4 aromatic heterocycles. The van der Waals surface area contributed by atoms with Gasteiger partial charge in [-0.15, -0.1) is 0 Å². The van der Waals surface area contributed by atoms with Gasteiger partial charge in [-0.25, -0.2) is 29.9 Å². The number of benzene rings is 1. The third-order valence-corrected chi connectivity index (χ3v) is 5.34. The summed E-state index contributed by atoms with van der Waals surface area (Å²) in [5, 5.41) is 0. The number of hydrogen-bond donors (Lipinski definition) is 1. The highest BCUT2D eigenvalue weighted by atomic mass is 15.2. The quantitative estimate of drug-likeness (QED) is 0.379. The lowest BCUT2D eigenvalue weighted by Crippen LogP contribution is -2.25. The smallest absolute Gasteiger partial charge is 0.156 e. The van der Waals surface area contributed by atoms with Gasteiger partial charge in [-0.05, 0) is 36.8 Å². The first-order chi connectivity index (χ1) is 16.7. The maximum absolute atomic E-state index is 4.87. The molecule has 0 aliphatic heterocycles. The predicted molar refractivity (Wildman–Crippen MR) is 129 cm³/mol. The van der Waals surface area contributed by atoms with Crippen LogP contribution in [0.1, 0.15) is 22.9 Å². The van der Waals surface area contributed by atoms with Crippen LogP contribution in [0.25, 0.3) is 22.8 Å². The van der Waals surface area contributed by atoms with Crippen LogP contribution in [0.4, 0.5) is 0 Å². The van der Waals surface area contributed by atoms with Gasteiger partial charge >= 0.3 is 0 Å². The molecule has 0 spiro atoms. The summed E-state index contributed by atoms with van der Waals surface area (Å²) in [6.07, 6.45) is 8.85. The van der Waals surface area contributed by atoms with Gasteiger partial charge in [0.2, 0.25) is 0 Å². The number of aromatic amines is 1. The van der Waals surface area contributed by atoms with Gasteiger partial charge in [0.1, 0.15) is 17.3 Å². The monoisotopic (exact) mass is 448 g/mol. The van der Waals surface area contributed by atoms with Crippen LogP contribution in [0.5, 0.6) is 0 Å². The number of aryl methyl sites for hydroxylation is 1. The summed E-state index contributed by atoms with van der Waals surface area (Å²) >= 11 is 0. The zero-order valence-corrected chi connectivity index (χ0v) is 18.8. The minimum Gasteiger partial charge on any atom is -0.337 e. The highest BCUT2D eigenvalue weighted by molar-refractivity contribution is 5.63. The first-order valence-electron chi connectivity index (χ1n) is 11.1. The fourth-order valence-electron chi connectivity index (χ4n) is 3.65. The van der Waals surface area contributed by atoms with Gasteiger partial charge in [0.25, 0.3) is 0 Å². The van der Waals surface area contributed by atoms with Crippen LogP contribution in [-0.2, 0) is 19.6 Å². The summed E-state index contributed by atoms with van der Waals surface area (Å²) < 4.78 is 0. The molecule has 0 saturated heterocycles. The SMILES string of the molecule is Cc1ccc(-c2cnc(-c3cccc(CN(Cc4ncccn4)Cc4ncccn4)n3)[nH]2)cc1. The van der Waals surface area contributed by atoms with Crippen molar-refractivity contribution in [3.8, 4) is 22.8 Å². The number of nitrogens with one attached hydrogen (secondary N) is 1. The summed E-state index contributed by atoms with van der Waals surface area (Å²) in [4.78, 5) is 32.5. The number of imidazole rings is 1. The Morgan fingerprint density at radius 3 is 2.00 bits per heavy atom. The Morgan fingerprint density at radius 1 is 0.706 bits per heavy atom. The van der Waals surface area contributed by atoms with Crippen LogP contribution in [-0.4, -0.2) is 39.8 Å². The number of rotatable bonds is 8. The molecule has 0 aliphatic rings. The second kappa shape index (κ2) is 10.1. The topological polar surface area (TPSA) is 96.4 Å². The molecule has 0 fully saturated rings. The van der Waals surface area contributed by atoms with Gasteiger partial charge in [0, 0.05) is 31.3 Å². The van der Waals surface area contributed by atoms with Crippen LogP contribution in [0.3, 0.4) is 0 Å². The molecule has 1 N–H and O–H groups in total. The predicted octanol–water partition coefficient (Wildman–Crippen LogP) is 4.23. The molecule has 34 heavy (non-hydrogen) atoms. The Hall–Kier alpha value is -4.30. The summed E-state index contributed by atoms with van der Waals surface area (Å²) in [6.45, 7) is 3.79. The van der Waals surface area contributed by atoms with Gasteiger partial charge in [-0.2, -0.15) is 0 Å². The zero-order chi connectivity index (χ0) is 23.2. The van der Waals surface area contributed by atoms with Crippen molar-refractivity contribution in [2.75, 3.05) is 0 Å². The largest absolute Gasteiger partial charge is 0.337 e. The van der Waals surface area contributed by atoms with Crippen molar-refractivity contribution >= 4 is 0 Å². The molecule has 8 nitrogen and oxygen atoms in total. The van der Waals surface area contributed by atoms with Crippen LogP contribution in [0, 0.1) is 6.92 Å². The molecule has 8 heteroatoms. The highest BCUT2D eigenvalue weighted by Crippen LogP contribution is 2.22. The van der Waals surface area contributed by atoms with Gasteiger partial charge in [0.15, 0.2) is 5.82 Å². The normalized spacial score (nSPS) is 11.1. The average Bonchev–Trinajstić information content (AvgIpc) is 3.36. The minimum absolute atomic E-state index is 0.559. The lowest BCUT2D eigenvalue weighted by atomic mass is 10.1. The number of nitrogens with zero attached hydrogens (tertiary/aromatic N) is 7. The van der Waals surface area contributed by atoms with Crippen molar-refractivity contribution in [2.24, 2.45) is 0 Å². The zero-order valence-electron chi connectivity index (χ0n) is 18.8. The van der Waals surface area contributed by atoms with Crippen molar-refractivity contribution < 1.29 is 0 Å². The van der Waals surface area contributed by atoms with E-state index < -0.39 is 0 Å². The molecular formula is C26H24N8. The fraction of sp³-hybridized carbons (Fsp3) is 0.154. The molecular weight excluding hydrogens is 424 g/mol. The van der Waals surface area contributed by atoms with Crippen molar-refractivity contribution in [3.63, 3.8) is 0 Å². The Bertz CT molecular complexity index is 1290. The fourth-order valence-corrected chi connectivity index (χ4v) is 3.65. The minimum atomic E-state index is 0.559. The van der Waals surface area contributed by atoms with E-state index in [1.807, 2.05) is 36.5 Å². The van der Waals surface area contributed by atoms with Crippen LogP contribution < -0.4 is 0 Å². The van der Waals surface area contributed by atoms with E-state index in [9.17, 15) is 0 Å². The first-order valence-corrected chi connectivity index (χ1v) is 11.1. The lowest BCUT2D eigenvalue weighted by Gasteiger charge is -2.20. The standard InChI is InChI=1S/C26H24N8/c1-19-7-9-20(10-8-19)23-15-31-26(33-23)22-6-2-5-21(32-22)16-34(17-24-27-11-3-12-28-24)18-25-29-13-4-14-30-25/h2-15H,16-18H2,1H3,(H,31,33). The van der Waals surface area contributed by atoms with Crippen LogP contribution >= 0.6 is 0 Å². The van der Waals surface area contributed by atoms with E-state index in [1.54, 1.807) is 24.8 Å². The second-order valence-corrected chi connectivity index (χ2v) is 8.00. The summed E-state index contributed by atoms with van der Waals surface area (Å²) in [7, 11) is 0. The Labute approximate surface area is 197 Å². The Kier molecular flexibility index (Phi) is 6.40. The summed E-state index contributed by atoms with van der Waals surface area (Å²) in [5.41, 5.74) is 4.99. The van der Waals surface area contributed by atoms with Gasteiger partial charge in [0.05, 0.1) is 30.7 Å². The van der Waals surface area contributed by atoms with Crippen LogP contribution in [0.15, 0.2) is 85.6 Å². The Morgan fingerprint density at radius 2 is 1.35 bits per heavy atom. The molecule has 0 atom stereocenters. The number of pyridine rings is 1. The van der Waals surface area contributed by atoms with Gasteiger partial charge in [-0.1, -0.05) is 35.9 Å².